The Hall–Kier alpha value is -2.47. The molecule has 0 bridgehead atoms. The predicted molar refractivity (Wildman–Crippen MR) is 107 cm³/mol. The normalized spacial score (nSPS) is 11.2. The van der Waals surface area contributed by atoms with Crippen LogP contribution in [-0.2, 0) is 4.79 Å². The maximum absolute atomic E-state index is 11.0. The maximum Gasteiger partial charge on any atom is 0.305 e. The van der Waals surface area contributed by atoms with E-state index in [2.05, 4.69) is 53.5 Å². The van der Waals surface area contributed by atoms with Crippen LogP contribution in [0, 0.1) is 0 Å². The lowest BCUT2D eigenvalue weighted by Crippen LogP contribution is -2.26. The largest absolute Gasteiger partial charge is 0.481 e. The Morgan fingerprint density at radius 1 is 1.23 bits per heavy atom. The average Bonchev–Trinajstić information content (AvgIpc) is 3.07. The van der Waals surface area contributed by atoms with E-state index in [9.17, 15) is 4.79 Å². The van der Waals surface area contributed by atoms with E-state index in [-0.39, 0.29) is 6.42 Å². The third-order valence-corrected chi connectivity index (χ3v) is 5.40. The molecule has 26 heavy (non-hydrogen) atoms. The number of hydrogen-bond acceptors (Lipinski definition) is 5. The molecule has 0 aliphatic carbocycles. The predicted octanol–water partition coefficient (Wildman–Crippen LogP) is 4.78. The lowest BCUT2D eigenvalue weighted by atomic mass is 9.99. The molecule has 0 spiro atoms. The lowest BCUT2D eigenvalue weighted by molar-refractivity contribution is -0.136. The summed E-state index contributed by atoms with van der Waals surface area (Å²) in [5, 5.41) is 12.1. The van der Waals surface area contributed by atoms with E-state index in [0.29, 0.717) is 19.0 Å². The van der Waals surface area contributed by atoms with Gasteiger partial charge in [-0.15, -0.1) is 11.3 Å². The minimum Gasteiger partial charge on any atom is -0.481 e. The van der Waals surface area contributed by atoms with E-state index >= 15 is 0 Å². The van der Waals surface area contributed by atoms with Gasteiger partial charge in [0.1, 0.15) is 17.0 Å². The second-order valence-electron chi connectivity index (χ2n) is 6.53. The van der Waals surface area contributed by atoms with Crippen LogP contribution in [0.4, 0.5) is 5.82 Å². The number of thiophene rings is 1. The number of carbonyl (C=O) groups is 1. The number of hydrogen-bond donors (Lipinski definition) is 1. The summed E-state index contributed by atoms with van der Waals surface area (Å²) in [6.45, 7) is 7.50. The van der Waals surface area contributed by atoms with Crippen LogP contribution in [0.2, 0.25) is 0 Å². The van der Waals surface area contributed by atoms with Crippen molar-refractivity contribution in [2.45, 2.75) is 33.1 Å². The zero-order chi connectivity index (χ0) is 18.7. The fourth-order valence-corrected chi connectivity index (χ4v) is 3.91. The quantitative estimate of drug-likeness (QED) is 0.649. The third-order valence-electron chi connectivity index (χ3n) is 4.52. The van der Waals surface area contributed by atoms with Gasteiger partial charge >= 0.3 is 5.97 Å². The zero-order valence-corrected chi connectivity index (χ0v) is 16.1. The Balaban J connectivity index is 2.06. The van der Waals surface area contributed by atoms with Crippen LogP contribution in [0.3, 0.4) is 0 Å². The number of fused-ring (bicyclic) bond motifs is 1. The molecular formula is C20H23N3O2S. The number of carboxylic acids is 1. The van der Waals surface area contributed by atoms with Crippen LogP contribution in [0.5, 0.6) is 0 Å². The van der Waals surface area contributed by atoms with Gasteiger partial charge in [-0.1, -0.05) is 38.1 Å². The number of carboxylic acid groups (broad SMARTS) is 1. The molecule has 0 aliphatic heterocycles. The van der Waals surface area contributed by atoms with Crippen LogP contribution in [0.15, 0.2) is 36.0 Å². The highest BCUT2D eigenvalue weighted by Crippen LogP contribution is 2.38. The number of nitrogens with zero attached hydrogens (tertiary/aromatic N) is 3. The van der Waals surface area contributed by atoms with E-state index in [0.717, 1.165) is 27.2 Å². The molecular weight excluding hydrogens is 346 g/mol. The Morgan fingerprint density at radius 2 is 1.96 bits per heavy atom. The van der Waals surface area contributed by atoms with Gasteiger partial charge in [-0.25, -0.2) is 9.97 Å². The molecule has 5 nitrogen and oxygen atoms in total. The fourth-order valence-electron chi connectivity index (χ4n) is 3.00. The molecule has 2 aromatic heterocycles. The second-order valence-corrected chi connectivity index (χ2v) is 7.39. The van der Waals surface area contributed by atoms with E-state index < -0.39 is 5.97 Å². The van der Waals surface area contributed by atoms with E-state index in [1.807, 2.05) is 11.8 Å². The van der Waals surface area contributed by atoms with Gasteiger partial charge < -0.3 is 10.0 Å². The van der Waals surface area contributed by atoms with E-state index in [1.54, 1.807) is 17.7 Å². The molecule has 0 aliphatic rings. The maximum atomic E-state index is 11.0. The van der Waals surface area contributed by atoms with Crippen molar-refractivity contribution in [1.82, 2.24) is 9.97 Å². The molecule has 3 rings (SSSR count). The van der Waals surface area contributed by atoms with Crippen molar-refractivity contribution < 1.29 is 9.90 Å². The third kappa shape index (κ3) is 3.70. The Bertz CT molecular complexity index is 903. The van der Waals surface area contributed by atoms with Gasteiger partial charge in [0.05, 0.1) is 11.8 Å². The van der Waals surface area contributed by atoms with E-state index in [1.165, 1.54) is 5.56 Å². The van der Waals surface area contributed by atoms with Gasteiger partial charge in [0, 0.05) is 24.0 Å². The summed E-state index contributed by atoms with van der Waals surface area (Å²) in [5.41, 5.74) is 3.54. The van der Waals surface area contributed by atoms with Gasteiger partial charge in [0.15, 0.2) is 0 Å². The molecule has 136 valence electrons. The smallest absolute Gasteiger partial charge is 0.305 e. The van der Waals surface area contributed by atoms with Gasteiger partial charge in [-0.2, -0.15) is 0 Å². The van der Waals surface area contributed by atoms with Crippen LogP contribution in [-0.4, -0.2) is 34.1 Å². The van der Waals surface area contributed by atoms with Crippen LogP contribution >= 0.6 is 11.3 Å². The van der Waals surface area contributed by atoms with Crippen molar-refractivity contribution >= 4 is 33.3 Å². The molecule has 0 unspecified atom stereocenters. The Labute approximate surface area is 157 Å². The molecule has 3 aromatic rings. The van der Waals surface area contributed by atoms with Crippen molar-refractivity contribution in [3.05, 3.63) is 41.5 Å². The van der Waals surface area contributed by atoms with Gasteiger partial charge in [0.25, 0.3) is 0 Å². The molecule has 0 saturated carbocycles. The fraction of sp³-hybridized carbons (Fsp3) is 0.350. The van der Waals surface area contributed by atoms with Gasteiger partial charge in [-0.3, -0.25) is 4.79 Å². The topological polar surface area (TPSA) is 66.3 Å². The minimum atomic E-state index is -0.802. The van der Waals surface area contributed by atoms with Crippen molar-refractivity contribution in [2.75, 3.05) is 18.0 Å². The number of anilines is 1. The summed E-state index contributed by atoms with van der Waals surface area (Å²) in [4.78, 5) is 22.8. The molecule has 0 amide bonds. The van der Waals surface area contributed by atoms with Gasteiger partial charge in [0.2, 0.25) is 0 Å². The lowest BCUT2D eigenvalue weighted by Gasteiger charge is -2.22. The summed E-state index contributed by atoms with van der Waals surface area (Å²) in [7, 11) is 0. The highest BCUT2D eigenvalue weighted by molar-refractivity contribution is 7.17. The molecule has 0 radical (unpaired) electrons. The first-order valence-corrected chi connectivity index (χ1v) is 9.68. The van der Waals surface area contributed by atoms with Crippen LogP contribution < -0.4 is 4.90 Å². The van der Waals surface area contributed by atoms with Crippen LogP contribution in [0.1, 0.15) is 38.7 Å². The standard InChI is InChI=1S/C20H23N3O2S/c1-4-23(10-9-17(24)25)19-18-16(11-26-20(18)22-12-21-19)15-7-5-14(6-8-15)13(2)3/h5-8,11-13H,4,9-10H2,1-3H3,(H,24,25). The Kier molecular flexibility index (Phi) is 5.52. The second kappa shape index (κ2) is 7.83. The summed E-state index contributed by atoms with van der Waals surface area (Å²) in [6, 6.07) is 8.60. The first-order valence-electron chi connectivity index (χ1n) is 8.80. The highest BCUT2D eigenvalue weighted by Gasteiger charge is 2.18. The van der Waals surface area contributed by atoms with Crippen molar-refractivity contribution in [2.24, 2.45) is 0 Å². The van der Waals surface area contributed by atoms with E-state index in [4.69, 9.17) is 5.11 Å². The highest BCUT2D eigenvalue weighted by atomic mass is 32.1. The first kappa shape index (κ1) is 18.3. The minimum absolute atomic E-state index is 0.0852. The van der Waals surface area contributed by atoms with Gasteiger partial charge in [-0.05, 0) is 24.0 Å². The number of aromatic nitrogens is 2. The molecule has 1 N–H and O–H groups in total. The average molecular weight is 369 g/mol. The molecule has 0 saturated heterocycles. The monoisotopic (exact) mass is 369 g/mol. The molecule has 6 heteroatoms. The molecule has 0 fully saturated rings. The summed E-state index contributed by atoms with van der Waals surface area (Å²) in [5.74, 6) is 0.500. The SMILES string of the molecule is CCN(CCC(=O)O)c1ncnc2scc(-c3ccc(C(C)C)cc3)c12. The van der Waals surface area contributed by atoms with Crippen molar-refractivity contribution in [3.8, 4) is 11.1 Å². The summed E-state index contributed by atoms with van der Waals surface area (Å²) >= 11 is 1.59. The number of benzene rings is 1. The molecule has 1 aromatic carbocycles. The number of aliphatic carboxylic acids is 1. The van der Waals surface area contributed by atoms with Crippen molar-refractivity contribution in [3.63, 3.8) is 0 Å². The molecule has 0 atom stereocenters. The summed E-state index contributed by atoms with van der Waals surface area (Å²) < 4.78 is 0. The first-order chi connectivity index (χ1) is 12.5. The van der Waals surface area contributed by atoms with Crippen molar-refractivity contribution in [1.29, 1.82) is 0 Å². The summed E-state index contributed by atoms with van der Waals surface area (Å²) in [6.07, 6.45) is 1.64. The molecule has 2 heterocycles. The number of rotatable bonds is 7. The van der Waals surface area contributed by atoms with Crippen LogP contribution in [0.25, 0.3) is 21.3 Å². The zero-order valence-electron chi connectivity index (χ0n) is 15.3. The Morgan fingerprint density at radius 3 is 2.58 bits per heavy atom.